The van der Waals surface area contributed by atoms with E-state index in [2.05, 4.69) is 11.9 Å². The van der Waals surface area contributed by atoms with E-state index in [1.165, 1.54) is 0 Å². The van der Waals surface area contributed by atoms with Crippen LogP contribution in [0.2, 0.25) is 0 Å². The van der Waals surface area contributed by atoms with Crippen LogP contribution in [0.1, 0.15) is 44.6 Å². The molecule has 7 heteroatoms. The van der Waals surface area contributed by atoms with E-state index in [0.29, 0.717) is 35.8 Å². The summed E-state index contributed by atoms with van der Waals surface area (Å²) in [4.78, 5) is 30.8. The van der Waals surface area contributed by atoms with E-state index in [-0.39, 0.29) is 11.8 Å². The highest BCUT2D eigenvalue weighted by Crippen LogP contribution is 2.47. The predicted molar refractivity (Wildman–Crippen MR) is 119 cm³/mol. The third kappa shape index (κ3) is 4.56. The Morgan fingerprint density at radius 3 is 2.73 bits per heavy atom. The first-order valence-electron chi connectivity index (χ1n) is 10.3. The molecule has 2 atom stereocenters. The lowest BCUT2D eigenvalue weighted by molar-refractivity contribution is -0.145. The predicted octanol–water partition coefficient (Wildman–Crippen LogP) is 4.18. The van der Waals surface area contributed by atoms with Crippen LogP contribution < -0.4 is 9.47 Å². The Bertz CT molecular complexity index is 876. The minimum Gasteiger partial charge on any atom is -0.497 e. The third-order valence-electron chi connectivity index (χ3n) is 5.54. The molecule has 0 spiro atoms. The molecule has 1 aliphatic carbocycles. The van der Waals surface area contributed by atoms with Crippen LogP contribution in [-0.4, -0.2) is 49.8 Å². The molecule has 1 aromatic rings. The number of benzene rings is 1. The van der Waals surface area contributed by atoms with Gasteiger partial charge in [-0.3, -0.25) is 14.6 Å². The molecular weight excluding hydrogens is 402 g/mol. The maximum Gasteiger partial charge on any atom is 0.315 e. The van der Waals surface area contributed by atoms with Gasteiger partial charge in [-0.15, -0.1) is 0 Å². The van der Waals surface area contributed by atoms with Crippen LogP contribution in [0.5, 0.6) is 11.5 Å². The summed E-state index contributed by atoms with van der Waals surface area (Å²) in [6.07, 6.45) is 1.97. The molecule has 0 saturated heterocycles. The molecule has 1 heterocycles. The second-order valence-corrected chi connectivity index (χ2v) is 8.71. The third-order valence-corrected chi connectivity index (χ3v) is 6.40. The fourth-order valence-electron chi connectivity index (χ4n) is 4.17. The second-order valence-electron chi connectivity index (χ2n) is 7.32. The number of carbonyl (C=O) groups is 2. The highest BCUT2D eigenvalue weighted by Gasteiger charge is 2.44. The number of Topliss-reactive ketones (excluding diaryl/α,β-unsaturated/α-hetero) is 1. The number of ether oxygens (including phenoxy) is 3. The Kier molecular flexibility index (Phi) is 7.58. The van der Waals surface area contributed by atoms with Gasteiger partial charge in [0.15, 0.2) is 5.78 Å². The summed E-state index contributed by atoms with van der Waals surface area (Å²) in [6, 6.07) is 5.46. The molecule has 1 aromatic carbocycles. The lowest BCUT2D eigenvalue weighted by Gasteiger charge is -2.35. The molecular formula is C23H29NO5S. The Morgan fingerprint density at radius 2 is 2.03 bits per heavy atom. The molecule has 0 aromatic heterocycles. The molecule has 0 amide bonds. The number of methoxy groups -OCH3 is 2. The molecule has 0 N–H and O–H groups in total. The molecule has 162 valence electrons. The van der Waals surface area contributed by atoms with Crippen molar-refractivity contribution in [1.82, 2.24) is 0 Å². The van der Waals surface area contributed by atoms with E-state index < -0.39 is 11.8 Å². The van der Waals surface area contributed by atoms with Gasteiger partial charge in [0.2, 0.25) is 0 Å². The molecule has 0 saturated carbocycles. The number of rotatable bonds is 8. The number of esters is 1. The number of carbonyl (C=O) groups excluding carboxylic acids is 2. The van der Waals surface area contributed by atoms with Gasteiger partial charge in [-0.1, -0.05) is 6.92 Å². The zero-order chi connectivity index (χ0) is 21.7. The monoisotopic (exact) mass is 431 g/mol. The highest BCUT2D eigenvalue weighted by atomic mass is 32.2. The maximum absolute atomic E-state index is 13.2. The van der Waals surface area contributed by atoms with Crippen molar-refractivity contribution < 1.29 is 23.8 Å². The summed E-state index contributed by atoms with van der Waals surface area (Å²) in [5, 5.41) is 0. The van der Waals surface area contributed by atoms with Crippen LogP contribution in [0.15, 0.2) is 34.5 Å². The number of nitrogens with zero attached hydrogens (tertiary/aromatic N) is 1. The molecule has 6 nitrogen and oxygen atoms in total. The van der Waals surface area contributed by atoms with Gasteiger partial charge in [0.05, 0.1) is 14.2 Å². The molecule has 0 fully saturated rings. The fourth-order valence-corrected chi connectivity index (χ4v) is 4.66. The van der Waals surface area contributed by atoms with Crippen LogP contribution in [0.25, 0.3) is 0 Å². The van der Waals surface area contributed by atoms with Gasteiger partial charge in [-0.2, -0.15) is 11.8 Å². The average molecular weight is 432 g/mol. The van der Waals surface area contributed by atoms with Gasteiger partial charge in [0.1, 0.15) is 24.0 Å². The molecule has 0 bridgehead atoms. The van der Waals surface area contributed by atoms with Crippen LogP contribution in [0, 0.1) is 5.92 Å². The first kappa shape index (κ1) is 22.4. The van der Waals surface area contributed by atoms with Crippen molar-refractivity contribution >= 4 is 29.2 Å². The summed E-state index contributed by atoms with van der Waals surface area (Å²) in [5.41, 5.74) is 2.82. The topological polar surface area (TPSA) is 74.2 Å². The van der Waals surface area contributed by atoms with E-state index in [0.717, 1.165) is 35.6 Å². The fraction of sp³-hybridized carbons (Fsp3) is 0.522. The standard InChI is InChI=1S/C23H29NO5S/c1-5-30-12-11-29-23(26)20-14(2)24-17-7-6-8-18(25)22(17)21(20)16-13-15(27-3)9-10-19(16)28-4/h9-10,13,20-21H,5-8,11-12H2,1-4H3/t20?,21-/m0/s1. The van der Waals surface area contributed by atoms with Gasteiger partial charge in [-0.25, -0.2) is 0 Å². The Hall–Kier alpha value is -2.28. The molecule has 1 unspecified atom stereocenters. The summed E-state index contributed by atoms with van der Waals surface area (Å²) in [6.45, 7) is 4.25. The van der Waals surface area contributed by atoms with Crippen LogP contribution in [0.4, 0.5) is 0 Å². The number of thioether (sulfide) groups is 1. The van der Waals surface area contributed by atoms with E-state index in [1.807, 2.05) is 19.1 Å². The van der Waals surface area contributed by atoms with Gasteiger partial charge in [0.25, 0.3) is 0 Å². The maximum atomic E-state index is 13.2. The summed E-state index contributed by atoms with van der Waals surface area (Å²) in [5.74, 6) is 1.48. The first-order valence-corrected chi connectivity index (χ1v) is 11.4. The largest absolute Gasteiger partial charge is 0.497 e. The number of ketones is 1. The summed E-state index contributed by atoms with van der Waals surface area (Å²) < 4.78 is 16.6. The Labute approximate surface area is 182 Å². The normalized spacial score (nSPS) is 21.1. The van der Waals surface area contributed by atoms with Crippen molar-refractivity contribution in [2.75, 3.05) is 32.3 Å². The lowest BCUT2D eigenvalue weighted by Crippen LogP contribution is -2.37. The number of hydrogen-bond donors (Lipinski definition) is 0. The first-order chi connectivity index (χ1) is 14.5. The number of allylic oxidation sites excluding steroid dienone is 2. The van der Waals surface area contributed by atoms with Crippen molar-refractivity contribution in [3.63, 3.8) is 0 Å². The Balaban J connectivity index is 2.07. The van der Waals surface area contributed by atoms with Crippen molar-refractivity contribution in [2.45, 2.75) is 39.0 Å². The van der Waals surface area contributed by atoms with Crippen molar-refractivity contribution in [3.05, 3.63) is 35.0 Å². The van der Waals surface area contributed by atoms with E-state index >= 15 is 0 Å². The number of aliphatic imine (C=N–C) groups is 1. The van der Waals surface area contributed by atoms with Gasteiger partial charge >= 0.3 is 5.97 Å². The van der Waals surface area contributed by atoms with Crippen molar-refractivity contribution in [3.8, 4) is 11.5 Å². The second kappa shape index (κ2) is 10.2. The highest BCUT2D eigenvalue weighted by molar-refractivity contribution is 7.99. The van der Waals surface area contributed by atoms with Crippen molar-refractivity contribution in [1.29, 1.82) is 0 Å². The minimum absolute atomic E-state index is 0.0433. The zero-order valence-electron chi connectivity index (χ0n) is 18.0. The van der Waals surface area contributed by atoms with Crippen LogP contribution in [0.3, 0.4) is 0 Å². The Morgan fingerprint density at radius 1 is 1.23 bits per heavy atom. The molecule has 0 radical (unpaired) electrons. The van der Waals surface area contributed by atoms with Crippen molar-refractivity contribution in [2.24, 2.45) is 10.9 Å². The minimum atomic E-state index is -0.668. The van der Waals surface area contributed by atoms with E-state index in [9.17, 15) is 9.59 Å². The zero-order valence-corrected chi connectivity index (χ0v) is 18.8. The quantitative estimate of drug-likeness (QED) is 0.454. The van der Waals surface area contributed by atoms with Crippen LogP contribution in [-0.2, 0) is 14.3 Å². The van der Waals surface area contributed by atoms with E-state index in [1.54, 1.807) is 32.0 Å². The van der Waals surface area contributed by atoms with Gasteiger partial charge < -0.3 is 14.2 Å². The average Bonchev–Trinajstić information content (AvgIpc) is 2.75. The molecule has 2 aliphatic rings. The molecule has 1 aliphatic heterocycles. The van der Waals surface area contributed by atoms with Crippen LogP contribution >= 0.6 is 11.8 Å². The summed E-state index contributed by atoms with van der Waals surface area (Å²) in [7, 11) is 3.18. The van der Waals surface area contributed by atoms with Gasteiger partial charge in [-0.05, 0) is 43.7 Å². The SMILES string of the molecule is CCSCCOC(=O)C1C(C)=NC2=C(C(=O)CCC2)[C@H]1c1cc(OC)ccc1OC. The lowest BCUT2D eigenvalue weighted by atomic mass is 9.71. The van der Waals surface area contributed by atoms with Gasteiger partial charge in [0, 0.05) is 40.6 Å². The smallest absolute Gasteiger partial charge is 0.315 e. The molecule has 3 rings (SSSR count). The number of hydrogen-bond acceptors (Lipinski definition) is 7. The van der Waals surface area contributed by atoms with E-state index in [4.69, 9.17) is 14.2 Å². The molecule has 30 heavy (non-hydrogen) atoms. The summed E-state index contributed by atoms with van der Waals surface area (Å²) >= 11 is 1.72.